The number of nitrogens with one attached hydrogen (secondary N) is 1. The van der Waals surface area contributed by atoms with E-state index >= 15 is 0 Å². The molecule has 1 heterocycles. The van der Waals surface area contributed by atoms with Crippen molar-refractivity contribution in [2.24, 2.45) is 0 Å². The van der Waals surface area contributed by atoms with Gasteiger partial charge in [-0.05, 0) is 23.8 Å². The second-order valence-electron chi connectivity index (χ2n) is 3.04. The van der Waals surface area contributed by atoms with E-state index in [2.05, 4.69) is 10.3 Å². The van der Waals surface area contributed by atoms with Crippen LogP contribution in [0, 0.1) is 0 Å². The lowest BCUT2D eigenvalue weighted by molar-refractivity contribution is -0.108. The number of carbonyl (C=O) groups excluding carboxylic acids is 1. The fourth-order valence-corrected chi connectivity index (χ4v) is 1.45. The van der Waals surface area contributed by atoms with Gasteiger partial charge in [0.2, 0.25) is 6.41 Å². The number of aromatic nitrogens is 1. The standard InChI is InChI=1S/C12H10N2O/c15-9-13-8-6-10-3-1-5-12-11(10)4-2-7-14-12/h1-9H,(H,13,15). The van der Waals surface area contributed by atoms with E-state index in [9.17, 15) is 4.79 Å². The molecule has 0 radical (unpaired) electrons. The SMILES string of the molecule is O=CNC=Cc1cccc2ncccc12. The zero-order chi connectivity index (χ0) is 10.5. The average molecular weight is 198 g/mol. The van der Waals surface area contributed by atoms with E-state index < -0.39 is 0 Å². The first-order chi connectivity index (χ1) is 7.42. The fourth-order valence-electron chi connectivity index (χ4n) is 1.45. The van der Waals surface area contributed by atoms with Crippen LogP contribution in [0.2, 0.25) is 0 Å². The van der Waals surface area contributed by atoms with E-state index in [1.165, 1.54) is 0 Å². The van der Waals surface area contributed by atoms with Crippen LogP contribution in [0.1, 0.15) is 5.56 Å². The monoisotopic (exact) mass is 198 g/mol. The number of carbonyl (C=O) groups is 1. The number of pyridine rings is 1. The van der Waals surface area contributed by atoms with Gasteiger partial charge in [0.05, 0.1) is 5.52 Å². The smallest absolute Gasteiger partial charge is 0.211 e. The molecular weight excluding hydrogens is 188 g/mol. The third-order valence-corrected chi connectivity index (χ3v) is 2.11. The molecule has 0 fully saturated rings. The summed E-state index contributed by atoms with van der Waals surface area (Å²) in [4.78, 5) is 14.3. The molecule has 0 spiro atoms. The minimum atomic E-state index is 0.639. The van der Waals surface area contributed by atoms with Crippen LogP contribution in [-0.2, 0) is 4.79 Å². The maximum absolute atomic E-state index is 10.1. The van der Waals surface area contributed by atoms with E-state index in [4.69, 9.17) is 0 Å². The van der Waals surface area contributed by atoms with Crippen LogP contribution in [-0.4, -0.2) is 11.4 Å². The normalized spacial score (nSPS) is 10.7. The quantitative estimate of drug-likeness (QED) is 0.766. The number of nitrogens with zero attached hydrogens (tertiary/aromatic N) is 1. The Balaban J connectivity index is 2.46. The number of rotatable bonds is 3. The summed E-state index contributed by atoms with van der Waals surface area (Å²) in [6.45, 7) is 0. The van der Waals surface area contributed by atoms with Crippen molar-refractivity contribution in [1.29, 1.82) is 0 Å². The molecule has 0 aliphatic carbocycles. The maximum Gasteiger partial charge on any atom is 0.211 e. The Bertz CT molecular complexity index is 500. The molecule has 0 aliphatic heterocycles. The topological polar surface area (TPSA) is 42.0 Å². The lowest BCUT2D eigenvalue weighted by Crippen LogP contribution is -1.98. The van der Waals surface area contributed by atoms with Crippen LogP contribution in [0.15, 0.2) is 42.7 Å². The van der Waals surface area contributed by atoms with Gasteiger partial charge in [-0.3, -0.25) is 9.78 Å². The summed E-state index contributed by atoms with van der Waals surface area (Å²) in [7, 11) is 0. The molecule has 1 amide bonds. The van der Waals surface area contributed by atoms with Gasteiger partial charge in [0.15, 0.2) is 0 Å². The number of amides is 1. The van der Waals surface area contributed by atoms with Gasteiger partial charge < -0.3 is 5.32 Å². The molecule has 1 N–H and O–H groups in total. The highest BCUT2D eigenvalue weighted by molar-refractivity contribution is 5.87. The Morgan fingerprint density at radius 3 is 3.00 bits per heavy atom. The molecular formula is C12H10N2O. The largest absolute Gasteiger partial charge is 0.335 e. The fraction of sp³-hybridized carbons (Fsp3) is 0. The van der Waals surface area contributed by atoms with Crippen molar-refractivity contribution < 1.29 is 4.79 Å². The summed E-state index contributed by atoms with van der Waals surface area (Å²) in [5.74, 6) is 0. The summed E-state index contributed by atoms with van der Waals surface area (Å²) in [5.41, 5.74) is 1.99. The van der Waals surface area contributed by atoms with Crippen LogP contribution in [0.25, 0.3) is 17.0 Å². The van der Waals surface area contributed by atoms with Crippen LogP contribution in [0.5, 0.6) is 0 Å². The molecule has 3 nitrogen and oxygen atoms in total. The van der Waals surface area contributed by atoms with E-state index in [0.29, 0.717) is 6.41 Å². The number of hydrogen-bond donors (Lipinski definition) is 1. The second kappa shape index (κ2) is 4.37. The third kappa shape index (κ3) is 2.02. The van der Waals surface area contributed by atoms with E-state index in [-0.39, 0.29) is 0 Å². The minimum absolute atomic E-state index is 0.639. The zero-order valence-corrected chi connectivity index (χ0v) is 8.05. The Morgan fingerprint density at radius 2 is 2.13 bits per heavy atom. The first-order valence-electron chi connectivity index (χ1n) is 4.62. The molecule has 0 unspecified atom stereocenters. The molecule has 2 rings (SSSR count). The molecule has 1 aromatic heterocycles. The highest BCUT2D eigenvalue weighted by Gasteiger charge is 1.96. The molecule has 0 aliphatic rings. The zero-order valence-electron chi connectivity index (χ0n) is 8.05. The van der Waals surface area contributed by atoms with Crippen molar-refractivity contribution in [1.82, 2.24) is 10.3 Å². The van der Waals surface area contributed by atoms with Crippen molar-refractivity contribution in [3.8, 4) is 0 Å². The van der Waals surface area contributed by atoms with Gasteiger partial charge in [-0.1, -0.05) is 18.2 Å². The van der Waals surface area contributed by atoms with Crippen molar-refractivity contribution in [3.63, 3.8) is 0 Å². The van der Waals surface area contributed by atoms with Crippen molar-refractivity contribution >= 4 is 23.4 Å². The molecule has 3 heteroatoms. The van der Waals surface area contributed by atoms with Gasteiger partial charge in [-0.15, -0.1) is 0 Å². The first-order valence-corrected chi connectivity index (χ1v) is 4.62. The summed E-state index contributed by atoms with van der Waals surface area (Å²) >= 11 is 0. The van der Waals surface area contributed by atoms with Gasteiger partial charge >= 0.3 is 0 Å². The van der Waals surface area contributed by atoms with Crippen molar-refractivity contribution in [2.75, 3.05) is 0 Å². The minimum Gasteiger partial charge on any atom is -0.335 e. The molecule has 0 bridgehead atoms. The van der Waals surface area contributed by atoms with Crippen molar-refractivity contribution in [3.05, 3.63) is 48.3 Å². The molecule has 15 heavy (non-hydrogen) atoms. The molecule has 0 saturated carbocycles. The number of fused-ring (bicyclic) bond motifs is 1. The van der Waals surface area contributed by atoms with E-state index in [1.807, 2.05) is 36.4 Å². The van der Waals surface area contributed by atoms with Crippen LogP contribution in [0.3, 0.4) is 0 Å². The molecule has 1 aromatic carbocycles. The second-order valence-corrected chi connectivity index (χ2v) is 3.04. The van der Waals surface area contributed by atoms with E-state index in [0.717, 1.165) is 16.5 Å². The Kier molecular flexibility index (Phi) is 2.74. The van der Waals surface area contributed by atoms with Gasteiger partial charge in [0.25, 0.3) is 0 Å². The van der Waals surface area contributed by atoms with Crippen LogP contribution in [0.4, 0.5) is 0 Å². The van der Waals surface area contributed by atoms with Crippen LogP contribution < -0.4 is 5.32 Å². The lowest BCUT2D eigenvalue weighted by Gasteiger charge is -2.00. The Hall–Kier alpha value is -2.16. The molecule has 0 saturated heterocycles. The summed E-state index contributed by atoms with van der Waals surface area (Å²) < 4.78 is 0. The van der Waals surface area contributed by atoms with Gasteiger partial charge in [-0.25, -0.2) is 0 Å². The Morgan fingerprint density at radius 1 is 1.20 bits per heavy atom. The lowest BCUT2D eigenvalue weighted by atomic mass is 10.1. The highest BCUT2D eigenvalue weighted by atomic mass is 16.1. The molecule has 0 atom stereocenters. The third-order valence-electron chi connectivity index (χ3n) is 2.11. The van der Waals surface area contributed by atoms with Gasteiger partial charge in [0, 0.05) is 17.8 Å². The predicted molar refractivity (Wildman–Crippen MR) is 60.0 cm³/mol. The van der Waals surface area contributed by atoms with Crippen molar-refractivity contribution in [2.45, 2.75) is 0 Å². The maximum atomic E-state index is 10.1. The van der Waals surface area contributed by atoms with E-state index in [1.54, 1.807) is 12.4 Å². The highest BCUT2D eigenvalue weighted by Crippen LogP contribution is 2.17. The van der Waals surface area contributed by atoms with Gasteiger partial charge in [-0.2, -0.15) is 0 Å². The Labute approximate surface area is 87.4 Å². The van der Waals surface area contributed by atoms with Gasteiger partial charge in [0.1, 0.15) is 0 Å². The summed E-state index contributed by atoms with van der Waals surface area (Å²) in [5, 5.41) is 3.55. The first kappa shape index (κ1) is 9.40. The number of benzene rings is 1. The molecule has 2 aromatic rings. The summed E-state index contributed by atoms with van der Waals surface area (Å²) in [6, 6.07) is 9.78. The number of hydrogen-bond acceptors (Lipinski definition) is 2. The predicted octanol–water partition coefficient (Wildman–Crippen LogP) is 1.95. The average Bonchev–Trinajstić information content (AvgIpc) is 2.30. The van der Waals surface area contributed by atoms with Crippen LogP contribution >= 0.6 is 0 Å². The molecule has 74 valence electrons. The summed E-state index contributed by atoms with van der Waals surface area (Å²) in [6.07, 6.45) is 5.85.